The summed E-state index contributed by atoms with van der Waals surface area (Å²) in [5.74, 6) is -0.931. The van der Waals surface area contributed by atoms with Gasteiger partial charge in [-0.05, 0) is 12.5 Å². The maximum atomic E-state index is 10.8. The molecule has 0 saturated heterocycles. The van der Waals surface area contributed by atoms with Crippen LogP contribution in [0.5, 0.6) is 0 Å². The molecule has 92 valence electrons. The Kier molecular flexibility index (Phi) is 4.45. The molecule has 1 aromatic rings. The molecule has 0 bridgehead atoms. The SMILES string of the molecule is Cc1cnc(SC(C)CC(=O)O)c([N+](=O)[O-])c1. The highest BCUT2D eigenvalue weighted by atomic mass is 32.2. The van der Waals surface area contributed by atoms with Gasteiger partial charge in [-0.15, -0.1) is 0 Å². The largest absolute Gasteiger partial charge is 0.481 e. The minimum atomic E-state index is -0.931. The number of aryl methyl sites for hydroxylation is 1. The van der Waals surface area contributed by atoms with Crippen molar-refractivity contribution in [3.63, 3.8) is 0 Å². The summed E-state index contributed by atoms with van der Waals surface area (Å²) in [5.41, 5.74) is 0.624. The number of nitro groups is 1. The fraction of sp³-hybridized carbons (Fsp3) is 0.400. The normalized spacial score (nSPS) is 12.1. The van der Waals surface area contributed by atoms with E-state index in [4.69, 9.17) is 5.11 Å². The van der Waals surface area contributed by atoms with Crippen LogP contribution < -0.4 is 0 Å². The zero-order chi connectivity index (χ0) is 13.0. The average Bonchev–Trinajstić information content (AvgIpc) is 2.19. The van der Waals surface area contributed by atoms with Crippen LogP contribution in [0.1, 0.15) is 18.9 Å². The molecule has 1 N–H and O–H groups in total. The molecule has 0 amide bonds. The Labute approximate surface area is 102 Å². The van der Waals surface area contributed by atoms with Crippen LogP contribution in [0.15, 0.2) is 17.3 Å². The standard InChI is InChI=1S/C10H12N2O4S/c1-6-3-8(12(15)16)10(11-5-6)17-7(2)4-9(13)14/h3,5,7H,4H2,1-2H3,(H,13,14). The second-order valence-electron chi connectivity index (χ2n) is 3.62. The van der Waals surface area contributed by atoms with E-state index in [1.165, 1.54) is 12.3 Å². The van der Waals surface area contributed by atoms with Crippen LogP contribution in [-0.4, -0.2) is 26.2 Å². The van der Waals surface area contributed by atoms with Gasteiger partial charge in [0.25, 0.3) is 0 Å². The molecule has 0 radical (unpaired) electrons. The van der Waals surface area contributed by atoms with E-state index in [-0.39, 0.29) is 22.4 Å². The van der Waals surface area contributed by atoms with Gasteiger partial charge in [-0.2, -0.15) is 0 Å². The Hall–Kier alpha value is -1.63. The van der Waals surface area contributed by atoms with Crippen LogP contribution in [0.25, 0.3) is 0 Å². The molecule has 0 spiro atoms. The summed E-state index contributed by atoms with van der Waals surface area (Å²) in [6.45, 7) is 3.42. The van der Waals surface area contributed by atoms with Crippen molar-refractivity contribution >= 4 is 23.4 Å². The Morgan fingerprint density at radius 1 is 1.71 bits per heavy atom. The Morgan fingerprint density at radius 2 is 2.35 bits per heavy atom. The molecule has 1 atom stereocenters. The number of aliphatic carboxylic acids is 1. The van der Waals surface area contributed by atoms with Gasteiger partial charge < -0.3 is 5.11 Å². The molecule has 1 aromatic heterocycles. The molecule has 0 aromatic carbocycles. The van der Waals surface area contributed by atoms with Gasteiger partial charge in [0, 0.05) is 17.5 Å². The van der Waals surface area contributed by atoms with Crippen LogP contribution in [0.2, 0.25) is 0 Å². The van der Waals surface area contributed by atoms with E-state index < -0.39 is 10.9 Å². The van der Waals surface area contributed by atoms with Crippen molar-refractivity contribution in [2.24, 2.45) is 0 Å². The Balaban J connectivity index is 2.90. The first kappa shape index (κ1) is 13.4. The summed E-state index contributed by atoms with van der Waals surface area (Å²) >= 11 is 1.10. The third-order valence-electron chi connectivity index (χ3n) is 1.94. The van der Waals surface area contributed by atoms with Crippen molar-refractivity contribution in [1.82, 2.24) is 4.98 Å². The third kappa shape index (κ3) is 4.03. The molecule has 0 aliphatic heterocycles. The second-order valence-corrected chi connectivity index (χ2v) is 5.05. The summed E-state index contributed by atoms with van der Waals surface area (Å²) in [7, 11) is 0. The lowest BCUT2D eigenvalue weighted by atomic mass is 10.3. The lowest BCUT2D eigenvalue weighted by Gasteiger charge is -2.08. The molecule has 0 saturated carbocycles. The van der Waals surface area contributed by atoms with Gasteiger partial charge >= 0.3 is 11.7 Å². The number of rotatable bonds is 5. The van der Waals surface area contributed by atoms with E-state index in [2.05, 4.69) is 4.98 Å². The molecular formula is C10H12N2O4S. The predicted octanol–water partition coefficient (Wildman–Crippen LogP) is 2.25. The highest BCUT2D eigenvalue weighted by molar-refractivity contribution is 8.00. The lowest BCUT2D eigenvalue weighted by Crippen LogP contribution is -2.06. The zero-order valence-electron chi connectivity index (χ0n) is 9.41. The van der Waals surface area contributed by atoms with Crippen molar-refractivity contribution in [3.8, 4) is 0 Å². The van der Waals surface area contributed by atoms with Crippen molar-refractivity contribution in [2.45, 2.75) is 30.5 Å². The fourth-order valence-corrected chi connectivity index (χ4v) is 2.22. The summed E-state index contributed by atoms with van der Waals surface area (Å²) in [5, 5.41) is 19.4. The smallest absolute Gasteiger partial charge is 0.304 e. The van der Waals surface area contributed by atoms with Crippen molar-refractivity contribution in [2.75, 3.05) is 0 Å². The minimum Gasteiger partial charge on any atom is -0.481 e. The number of hydrogen-bond donors (Lipinski definition) is 1. The van der Waals surface area contributed by atoms with Crippen molar-refractivity contribution in [1.29, 1.82) is 0 Å². The second kappa shape index (κ2) is 5.62. The highest BCUT2D eigenvalue weighted by Crippen LogP contribution is 2.31. The summed E-state index contributed by atoms with van der Waals surface area (Å²) in [6.07, 6.45) is 1.47. The molecule has 0 aliphatic rings. The minimum absolute atomic E-state index is 0.0582. The number of carboxylic acids is 1. The monoisotopic (exact) mass is 256 g/mol. The van der Waals surface area contributed by atoms with Crippen molar-refractivity contribution in [3.05, 3.63) is 27.9 Å². The molecule has 0 fully saturated rings. The van der Waals surface area contributed by atoms with Gasteiger partial charge in [0.2, 0.25) is 0 Å². The molecule has 1 heterocycles. The predicted molar refractivity (Wildman–Crippen MR) is 63.2 cm³/mol. The van der Waals surface area contributed by atoms with E-state index in [1.807, 2.05) is 0 Å². The van der Waals surface area contributed by atoms with E-state index >= 15 is 0 Å². The fourth-order valence-electron chi connectivity index (χ4n) is 1.24. The highest BCUT2D eigenvalue weighted by Gasteiger charge is 2.19. The number of carbonyl (C=O) groups is 1. The first-order valence-electron chi connectivity index (χ1n) is 4.89. The number of nitrogens with zero attached hydrogens (tertiary/aromatic N) is 2. The van der Waals surface area contributed by atoms with Crippen LogP contribution in [0.4, 0.5) is 5.69 Å². The molecule has 1 rings (SSSR count). The molecule has 1 unspecified atom stereocenters. The lowest BCUT2D eigenvalue weighted by molar-refractivity contribution is -0.388. The average molecular weight is 256 g/mol. The number of pyridine rings is 1. The van der Waals surface area contributed by atoms with Crippen LogP contribution >= 0.6 is 11.8 Å². The third-order valence-corrected chi connectivity index (χ3v) is 3.05. The van der Waals surface area contributed by atoms with E-state index in [0.717, 1.165) is 11.8 Å². The quantitative estimate of drug-likeness (QED) is 0.493. The summed E-state index contributed by atoms with van der Waals surface area (Å²) in [4.78, 5) is 24.8. The van der Waals surface area contributed by atoms with Crippen LogP contribution in [0.3, 0.4) is 0 Å². The number of thioether (sulfide) groups is 1. The van der Waals surface area contributed by atoms with Crippen LogP contribution in [-0.2, 0) is 4.79 Å². The molecule has 17 heavy (non-hydrogen) atoms. The van der Waals surface area contributed by atoms with Gasteiger partial charge in [-0.3, -0.25) is 14.9 Å². The molecule has 6 nitrogen and oxygen atoms in total. The van der Waals surface area contributed by atoms with Crippen LogP contribution in [0, 0.1) is 17.0 Å². The van der Waals surface area contributed by atoms with E-state index in [1.54, 1.807) is 13.8 Å². The Morgan fingerprint density at radius 3 is 2.88 bits per heavy atom. The van der Waals surface area contributed by atoms with Gasteiger partial charge in [0.15, 0.2) is 5.03 Å². The Bertz CT molecular complexity index is 450. The maximum Gasteiger partial charge on any atom is 0.304 e. The van der Waals surface area contributed by atoms with Gasteiger partial charge in [-0.1, -0.05) is 18.7 Å². The zero-order valence-corrected chi connectivity index (χ0v) is 10.2. The van der Waals surface area contributed by atoms with E-state index in [9.17, 15) is 14.9 Å². The number of hydrogen-bond acceptors (Lipinski definition) is 5. The molecule has 0 aliphatic carbocycles. The van der Waals surface area contributed by atoms with E-state index in [0.29, 0.717) is 5.56 Å². The summed E-state index contributed by atoms with van der Waals surface area (Å²) < 4.78 is 0. The summed E-state index contributed by atoms with van der Waals surface area (Å²) in [6, 6.07) is 1.43. The molecule has 7 heteroatoms. The first-order chi connectivity index (χ1) is 7.90. The molecular weight excluding hydrogens is 244 g/mol. The first-order valence-corrected chi connectivity index (χ1v) is 5.77. The number of aromatic nitrogens is 1. The topological polar surface area (TPSA) is 93.3 Å². The maximum absolute atomic E-state index is 10.8. The van der Waals surface area contributed by atoms with Gasteiger partial charge in [0.05, 0.1) is 11.3 Å². The van der Waals surface area contributed by atoms with Gasteiger partial charge in [-0.25, -0.2) is 4.98 Å². The van der Waals surface area contributed by atoms with Crippen molar-refractivity contribution < 1.29 is 14.8 Å². The number of carboxylic acid groups (broad SMARTS) is 1. The van der Waals surface area contributed by atoms with Gasteiger partial charge in [0.1, 0.15) is 0 Å².